The predicted octanol–water partition coefficient (Wildman–Crippen LogP) is 0.740. The molecule has 20 heavy (non-hydrogen) atoms. The van der Waals surface area contributed by atoms with Crippen LogP contribution in [0.15, 0.2) is 0 Å². The molecule has 0 spiro atoms. The van der Waals surface area contributed by atoms with Gasteiger partial charge in [0.1, 0.15) is 0 Å². The Morgan fingerprint density at radius 3 is 1.95 bits per heavy atom. The van der Waals surface area contributed by atoms with Crippen LogP contribution in [0.4, 0.5) is 0 Å². The lowest BCUT2D eigenvalue weighted by atomic mass is 9.99. The minimum absolute atomic E-state index is 0.0428. The SMILES string of the molecule is CC1CCN(C(=O)C2CC2C(=O)N2CCOCC2)CC1. The van der Waals surface area contributed by atoms with Gasteiger partial charge in [0.15, 0.2) is 0 Å². The standard InChI is InChI=1S/C15H24N2O3/c1-11-2-4-16(5-3-11)14(18)12-10-13(12)15(19)17-6-8-20-9-7-17/h11-13H,2-10H2,1H3. The zero-order chi connectivity index (χ0) is 14.1. The van der Waals surface area contributed by atoms with Gasteiger partial charge in [-0.15, -0.1) is 0 Å². The molecule has 3 rings (SSSR count). The second kappa shape index (κ2) is 5.72. The first kappa shape index (κ1) is 13.9. The van der Waals surface area contributed by atoms with Gasteiger partial charge in [0.2, 0.25) is 11.8 Å². The van der Waals surface area contributed by atoms with E-state index in [9.17, 15) is 9.59 Å². The topological polar surface area (TPSA) is 49.9 Å². The molecule has 2 heterocycles. The minimum Gasteiger partial charge on any atom is -0.378 e. The Labute approximate surface area is 120 Å². The zero-order valence-corrected chi connectivity index (χ0v) is 12.2. The highest BCUT2D eigenvalue weighted by molar-refractivity contribution is 5.92. The van der Waals surface area contributed by atoms with Gasteiger partial charge in [-0.2, -0.15) is 0 Å². The summed E-state index contributed by atoms with van der Waals surface area (Å²) < 4.78 is 5.26. The average molecular weight is 280 g/mol. The summed E-state index contributed by atoms with van der Waals surface area (Å²) in [6.45, 7) is 6.59. The van der Waals surface area contributed by atoms with Crippen molar-refractivity contribution in [1.82, 2.24) is 9.80 Å². The van der Waals surface area contributed by atoms with Crippen LogP contribution >= 0.6 is 0 Å². The number of amides is 2. The molecule has 0 aromatic rings. The van der Waals surface area contributed by atoms with Crippen molar-refractivity contribution in [3.8, 4) is 0 Å². The van der Waals surface area contributed by atoms with E-state index in [2.05, 4.69) is 6.92 Å². The quantitative estimate of drug-likeness (QED) is 0.749. The molecule has 3 aliphatic rings. The van der Waals surface area contributed by atoms with Gasteiger partial charge in [-0.05, 0) is 25.2 Å². The summed E-state index contributed by atoms with van der Waals surface area (Å²) in [5.74, 6) is 1.00. The molecule has 0 bridgehead atoms. The van der Waals surface area contributed by atoms with E-state index >= 15 is 0 Å². The van der Waals surface area contributed by atoms with Crippen LogP contribution in [0.2, 0.25) is 0 Å². The van der Waals surface area contributed by atoms with Crippen molar-refractivity contribution in [2.24, 2.45) is 17.8 Å². The second-order valence-electron chi connectivity index (χ2n) is 6.39. The highest BCUT2D eigenvalue weighted by Crippen LogP contribution is 2.42. The monoisotopic (exact) mass is 280 g/mol. The van der Waals surface area contributed by atoms with E-state index < -0.39 is 0 Å². The van der Waals surface area contributed by atoms with Gasteiger partial charge >= 0.3 is 0 Å². The van der Waals surface area contributed by atoms with E-state index in [0.717, 1.165) is 38.3 Å². The maximum absolute atomic E-state index is 12.4. The molecule has 0 aromatic carbocycles. The molecule has 2 saturated heterocycles. The molecule has 5 nitrogen and oxygen atoms in total. The highest BCUT2D eigenvalue weighted by Gasteiger charge is 2.51. The number of hydrogen-bond donors (Lipinski definition) is 0. The average Bonchev–Trinajstić information content (AvgIpc) is 3.28. The third-order valence-corrected chi connectivity index (χ3v) is 4.84. The van der Waals surface area contributed by atoms with Crippen molar-refractivity contribution in [2.45, 2.75) is 26.2 Å². The van der Waals surface area contributed by atoms with Crippen molar-refractivity contribution < 1.29 is 14.3 Å². The number of carbonyl (C=O) groups excluding carboxylic acids is 2. The maximum atomic E-state index is 12.4. The summed E-state index contributed by atoms with van der Waals surface area (Å²) in [6.07, 6.45) is 2.95. The molecule has 2 atom stereocenters. The predicted molar refractivity (Wildman–Crippen MR) is 74.0 cm³/mol. The van der Waals surface area contributed by atoms with Crippen LogP contribution in [0, 0.1) is 17.8 Å². The number of likely N-dealkylation sites (tertiary alicyclic amines) is 1. The molecule has 5 heteroatoms. The summed E-state index contributed by atoms with van der Waals surface area (Å²) in [5, 5.41) is 0. The molecule has 0 radical (unpaired) electrons. The van der Waals surface area contributed by atoms with Crippen LogP contribution in [0.1, 0.15) is 26.2 Å². The number of piperidine rings is 1. The Balaban J connectivity index is 1.50. The third-order valence-electron chi connectivity index (χ3n) is 4.84. The Hall–Kier alpha value is -1.10. The number of carbonyl (C=O) groups is 2. The zero-order valence-electron chi connectivity index (χ0n) is 12.2. The maximum Gasteiger partial charge on any atom is 0.226 e. The lowest BCUT2D eigenvalue weighted by molar-refractivity contribution is -0.140. The normalized spacial score (nSPS) is 31.2. The van der Waals surface area contributed by atoms with E-state index in [1.54, 1.807) is 0 Å². The van der Waals surface area contributed by atoms with Crippen molar-refractivity contribution in [3.05, 3.63) is 0 Å². The molecule has 3 fully saturated rings. The van der Waals surface area contributed by atoms with Crippen molar-refractivity contribution in [1.29, 1.82) is 0 Å². The second-order valence-corrected chi connectivity index (χ2v) is 6.39. The Morgan fingerprint density at radius 1 is 0.900 bits per heavy atom. The van der Waals surface area contributed by atoms with Crippen molar-refractivity contribution >= 4 is 11.8 Å². The molecule has 0 aromatic heterocycles. The molecular formula is C15H24N2O3. The highest BCUT2D eigenvalue weighted by atomic mass is 16.5. The summed E-state index contributed by atoms with van der Waals surface area (Å²) in [7, 11) is 0. The van der Waals surface area contributed by atoms with E-state index in [1.165, 1.54) is 0 Å². The van der Waals surface area contributed by atoms with E-state index in [4.69, 9.17) is 4.74 Å². The summed E-state index contributed by atoms with van der Waals surface area (Å²) in [5.41, 5.74) is 0. The first-order valence-corrected chi connectivity index (χ1v) is 7.82. The van der Waals surface area contributed by atoms with Gasteiger partial charge in [-0.3, -0.25) is 9.59 Å². The molecule has 1 aliphatic carbocycles. The van der Waals surface area contributed by atoms with Crippen LogP contribution in [0.5, 0.6) is 0 Å². The number of hydrogen-bond acceptors (Lipinski definition) is 3. The summed E-state index contributed by atoms with van der Waals surface area (Å²) in [4.78, 5) is 28.5. The van der Waals surface area contributed by atoms with Gasteiger partial charge < -0.3 is 14.5 Å². The molecular weight excluding hydrogens is 256 g/mol. The third kappa shape index (κ3) is 2.82. The van der Waals surface area contributed by atoms with Gasteiger partial charge in [-0.25, -0.2) is 0 Å². The molecule has 2 aliphatic heterocycles. The van der Waals surface area contributed by atoms with Gasteiger partial charge in [0, 0.05) is 26.2 Å². The minimum atomic E-state index is -0.0556. The lowest BCUT2D eigenvalue weighted by Gasteiger charge is -2.31. The van der Waals surface area contributed by atoms with E-state index in [-0.39, 0.29) is 23.7 Å². The Morgan fingerprint density at radius 2 is 1.40 bits per heavy atom. The first-order chi connectivity index (χ1) is 9.66. The van der Waals surface area contributed by atoms with E-state index in [1.807, 2.05) is 9.80 Å². The first-order valence-electron chi connectivity index (χ1n) is 7.82. The van der Waals surface area contributed by atoms with Gasteiger partial charge in [0.05, 0.1) is 25.0 Å². The summed E-state index contributed by atoms with van der Waals surface area (Å²) >= 11 is 0. The number of nitrogens with zero attached hydrogens (tertiary/aromatic N) is 2. The van der Waals surface area contributed by atoms with Gasteiger partial charge in [-0.1, -0.05) is 6.92 Å². The van der Waals surface area contributed by atoms with Crippen molar-refractivity contribution in [3.63, 3.8) is 0 Å². The van der Waals surface area contributed by atoms with Crippen LogP contribution in [-0.2, 0) is 14.3 Å². The Bertz CT molecular complexity index is 385. The largest absolute Gasteiger partial charge is 0.378 e. The fraction of sp³-hybridized carbons (Fsp3) is 0.867. The van der Waals surface area contributed by atoms with E-state index in [0.29, 0.717) is 26.3 Å². The number of morpholine rings is 1. The fourth-order valence-electron chi connectivity index (χ4n) is 3.22. The molecule has 0 N–H and O–H groups in total. The number of rotatable bonds is 2. The smallest absolute Gasteiger partial charge is 0.226 e. The van der Waals surface area contributed by atoms with Crippen molar-refractivity contribution in [2.75, 3.05) is 39.4 Å². The van der Waals surface area contributed by atoms with Crippen LogP contribution < -0.4 is 0 Å². The molecule has 2 amide bonds. The van der Waals surface area contributed by atoms with Crippen LogP contribution in [0.3, 0.4) is 0 Å². The lowest BCUT2D eigenvalue weighted by Crippen LogP contribution is -2.43. The Kier molecular flexibility index (Phi) is 3.96. The number of ether oxygens (including phenoxy) is 1. The molecule has 112 valence electrons. The fourth-order valence-corrected chi connectivity index (χ4v) is 3.22. The van der Waals surface area contributed by atoms with Crippen LogP contribution in [0.25, 0.3) is 0 Å². The summed E-state index contributed by atoms with van der Waals surface area (Å²) in [6, 6.07) is 0. The van der Waals surface area contributed by atoms with Crippen LogP contribution in [-0.4, -0.2) is 61.0 Å². The molecule has 1 saturated carbocycles. The molecule has 2 unspecified atom stereocenters. The van der Waals surface area contributed by atoms with Gasteiger partial charge in [0.25, 0.3) is 0 Å².